The maximum atomic E-state index is 4.56. The van der Waals surface area contributed by atoms with Crippen LogP contribution in [0.15, 0.2) is 52.3 Å². The molecule has 0 unspecified atom stereocenters. The lowest BCUT2D eigenvalue weighted by Gasteiger charge is -2.32. The van der Waals surface area contributed by atoms with Crippen LogP contribution in [0, 0.1) is 0 Å². The lowest BCUT2D eigenvalue weighted by Crippen LogP contribution is -2.22. The van der Waals surface area contributed by atoms with E-state index >= 15 is 0 Å². The molecule has 0 fully saturated rings. The maximum Gasteiger partial charge on any atom is 0.0119 e. The molecule has 0 spiro atoms. The van der Waals surface area contributed by atoms with Gasteiger partial charge in [-0.25, -0.2) is 0 Å². The van der Waals surface area contributed by atoms with E-state index in [1.54, 1.807) is 0 Å². The largest absolute Gasteiger partial charge is 0.143 e. The third-order valence-corrected chi connectivity index (χ3v) is 5.36. The van der Waals surface area contributed by atoms with Gasteiger partial charge in [0.25, 0.3) is 0 Å². The first-order valence-electron chi connectivity index (χ1n) is 6.64. The summed E-state index contributed by atoms with van der Waals surface area (Å²) in [4.78, 5) is 2.48. The Labute approximate surface area is 125 Å². The molecule has 0 aliphatic carbocycles. The minimum absolute atomic E-state index is 0.305. The van der Waals surface area contributed by atoms with Crippen molar-refractivity contribution in [1.29, 1.82) is 0 Å². The smallest absolute Gasteiger partial charge is 0.0119 e. The Bertz CT molecular complexity index is 614. The van der Waals surface area contributed by atoms with Crippen LogP contribution in [0.2, 0.25) is 0 Å². The summed E-state index contributed by atoms with van der Waals surface area (Å²) in [6, 6.07) is 15.2. The first-order valence-corrected chi connectivity index (χ1v) is 8.07. The molecule has 0 saturated heterocycles. The monoisotopic (exact) mass is 286 g/mol. The topological polar surface area (TPSA) is 0 Å². The second kappa shape index (κ2) is 4.92. The molecule has 98 valence electrons. The molecule has 19 heavy (non-hydrogen) atoms. The van der Waals surface area contributed by atoms with Crippen molar-refractivity contribution < 1.29 is 0 Å². The van der Waals surface area contributed by atoms with Crippen molar-refractivity contribution in [3.63, 3.8) is 0 Å². The molecule has 0 saturated carbocycles. The standard InChI is InChI=1S/C17H18S2/c1-17(2)9-10-19-16-11-12(7-8-14(16)17)13-5-3-4-6-15(13)18/h3-8,11,18H,9-10H2,1-2H3. The van der Waals surface area contributed by atoms with E-state index in [9.17, 15) is 0 Å². The molecule has 0 radical (unpaired) electrons. The molecule has 1 aliphatic heterocycles. The summed E-state index contributed by atoms with van der Waals surface area (Å²) in [5, 5.41) is 0. The predicted molar refractivity (Wildman–Crippen MR) is 87.5 cm³/mol. The summed E-state index contributed by atoms with van der Waals surface area (Å²) in [5.41, 5.74) is 4.29. The molecule has 0 N–H and O–H groups in total. The Morgan fingerprint density at radius 3 is 2.68 bits per heavy atom. The molecule has 0 nitrogen and oxygen atoms in total. The summed E-state index contributed by atoms with van der Waals surface area (Å²) in [6.45, 7) is 4.69. The molecule has 2 aromatic carbocycles. The maximum absolute atomic E-state index is 4.56. The van der Waals surface area contributed by atoms with E-state index in [4.69, 9.17) is 0 Å². The zero-order chi connectivity index (χ0) is 13.5. The van der Waals surface area contributed by atoms with Gasteiger partial charge in [-0.05, 0) is 46.4 Å². The van der Waals surface area contributed by atoms with Crippen molar-refractivity contribution in [3.8, 4) is 11.1 Å². The highest BCUT2D eigenvalue weighted by atomic mass is 32.2. The van der Waals surface area contributed by atoms with E-state index in [0.29, 0.717) is 5.41 Å². The fourth-order valence-corrected chi connectivity index (χ4v) is 4.47. The van der Waals surface area contributed by atoms with Gasteiger partial charge in [-0.1, -0.05) is 44.2 Å². The lowest BCUT2D eigenvalue weighted by molar-refractivity contribution is 0.494. The molecule has 2 aromatic rings. The second-order valence-corrected chi connectivity index (χ2v) is 7.33. The van der Waals surface area contributed by atoms with Gasteiger partial charge >= 0.3 is 0 Å². The van der Waals surface area contributed by atoms with E-state index in [0.717, 1.165) is 4.90 Å². The van der Waals surface area contributed by atoms with E-state index in [2.05, 4.69) is 62.9 Å². The summed E-state index contributed by atoms with van der Waals surface area (Å²) in [5.74, 6) is 1.21. The Balaban J connectivity index is 2.10. The van der Waals surface area contributed by atoms with Crippen molar-refractivity contribution in [1.82, 2.24) is 0 Å². The molecule has 3 rings (SSSR count). The number of fused-ring (bicyclic) bond motifs is 1. The Morgan fingerprint density at radius 2 is 1.89 bits per heavy atom. The molecule has 0 amide bonds. The number of rotatable bonds is 1. The molecule has 1 aliphatic rings. The van der Waals surface area contributed by atoms with E-state index in [1.165, 1.54) is 33.8 Å². The second-order valence-electron chi connectivity index (χ2n) is 5.71. The lowest BCUT2D eigenvalue weighted by atomic mass is 9.81. The predicted octanol–water partition coefficient (Wildman–Crippen LogP) is 5.42. The Morgan fingerprint density at radius 1 is 1.11 bits per heavy atom. The molecular formula is C17H18S2. The third kappa shape index (κ3) is 2.44. The van der Waals surface area contributed by atoms with E-state index < -0.39 is 0 Å². The highest BCUT2D eigenvalue weighted by Crippen LogP contribution is 2.43. The van der Waals surface area contributed by atoms with Gasteiger partial charge in [-0.3, -0.25) is 0 Å². The van der Waals surface area contributed by atoms with Crippen molar-refractivity contribution in [2.75, 3.05) is 5.75 Å². The molecule has 0 atom stereocenters. The summed E-state index contributed by atoms with van der Waals surface area (Å²) in [7, 11) is 0. The van der Waals surface area contributed by atoms with Gasteiger partial charge in [0.15, 0.2) is 0 Å². The number of thiol groups is 1. The van der Waals surface area contributed by atoms with Crippen LogP contribution >= 0.6 is 24.4 Å². The van der Waals surface area contributed by atoms with E-state index in [1.807, 2.05) is 17.8 Å². The highest BCUT2D eigenvalue weighted by molar-refractivity contribution is 7.99. The molecule has 0 aromatic heterocycles. The minimum atomic E-state index is 0.305. The average molecular weight is 286 g/mol. The van der Waals surface area contributed by atoms with Gasteiger partial charge in [0.2, 0.25) is 0 Å². The van der Waals surface area contributed by atoms with Crippen LogP contribution < -0.4 is 0 Å². The first-order chi connectivity index (χ1) is 9.08. The summed E-state index contributed by atoms with van der Waals surface area (Å²) in [6.07, 6.45) is 1.26. The highest BCUT2D eigenvalue weighted by Gasteiger charge is 2.27. The van der Waals surface area contributed by atoms with Gasteiger partial charge in [0, 0.05) is 9.79 Å². The van der Waals surface area contributed by atoms with Gasteiger partial charge in [0.1, 0.15) is 0 Å². The Kier molecular flexibility index (Phi) is 3.40. The minimum Gasteiger partial charge on any atom is -0.143 e. The van der Waals surface area contributed by atoms with E-state index in [-0.39, 0.29) is 0 Å². The van der Waals surface area contributed by atoms with Crippen molar-refractivity contribution in [2.24, 2.45) is 0 Å². The van der Waals surface area contributed by atoms with Crippen LogP contribution in [0.5, 0.6) is 0 Å². The van der Waals surface area contributed by atoms with Gasteiger partial charge in [-0.2, -0.15) is 0 Å². The average Bonchev–Trinajstić information content (AvgIpc) is 2.38. The van der Waals surface area contributed by atoms with Crippen molar-refractivity contribution in [2.45, 2.75) is 35.5 Å². The fourth-order valence-electron chi connectivity index (χ4n) is 2.64. The quantitative estimate of drug-likeness (QED) is 0.683. The SMILES string of the molecule is CC1(C)CCSc2cc(-c3ccccc3S)ccc21. The van der Waals surface area contributed by atoms with Gasteiger partial charge in [0.05, 0.1) is 0 Å². The molecule has 2 heteroatoms. The van der Waals surface area contributed by atoms with Crippen LogP contribution in [0.1, 0.15) is 25.8 Å². The summed E-state index contributed by atoms with van der Waals surface area (Å²) >= 11 is 6.54. The number of hydrogen-bond acceptors (Lipinski definition) is 2. The number of hydrogen-bond donors (Lipinski definition) is 1. The van der Waals surface area contributed by atoms with Gasteiger partial charge in [-0.15, -0.1) is 24.4 Å². The normalized spacial score (nSPS) is 17.0. The van der Waals surface area contributed by atoms with Crippen LogP contribution in [0.3, 0.4) is 0 Å². The molecule has 1 heterocycles. The first kappa shape index (κ1) is 13.1. The molecule has 0 bridgehead atoms. The zero-order valence-electron chi connectivity index (χ0n) is 11.3. The van der Waals surface area contributed by atoms with Gasteiger partial charge < -0.3 is 0 Å². The fraction of sp³-hybridized carbons (Fsp3) is 0.294. The Hall–Kier alpha value is -0.860. The number of thioether (sulfide) groups is 1. The van der Waals surface area contributed by atoms with Crippen LogP contribution in [0.4, 0.5) is 0 Å². The number of benzene rings is 2. The van der Waals surface area contributed by atoms with Crippen LogP contribution in [-0.4, -0.2) is 5.75 Å². The summed E-state index contributed by atoms with van der Waals surface area (Å²) < 4.78 is 0. The van der Waals surface area contributed by atoms with Crippen molar-refractivity contribution in [3.05, 3.63) is 48.0 Å². The zero-order valence-corrected chi connectivity index (χ0v) is 13.0. The molecular weight excluding hydrogens is 268 g/mol. The van der Waals surface area contributed by atoms with Crippen LogP contribution in [-0.2, 0) is 5.41 Å². The van der Waals surface area contributed by atoms with Crippen LogP contribution in [0.25, 0.3) is 11.1 Å². The van der Waals surface area contributed by atoms with Crippen molar-refractivity contribution >= 4 is 24.4 Å². The third-order valence-electron chi connectivity index (χ3n) is 3.91.